The number of hydrogen-bond acceptors (Lipinski definition) is 3. The lowest BCUT2D eigenvalue weighted by molar-refractivity contribution is 0.0371. The molecule has 5 unspecified atom stereocenters. The highest BCUT2D eigenvalue weighted by Gasteiger charge is 2.58. The zero-order valence-corrected chi connectivity index (χ0v) is 33.3. The molecule has 0 aliphatic heterocycles. The van der Waals surface area contributed by atoms with Gasteiger partial charge < -0.3 is 0 Å². The Morgan fingerprint density at radius 2 is 1.35 bits per heavy atom. The van der Waals surface area contributed by atoms with Crippen LogP contribution in [0.25, 0.3) is 86.7 Å². The minimum absolute atomic E-state index is 0.124. The monoisotopic (exact) mass is 752 g/mol. The van der Waals surface area contributed by atoms with Crippen molar-refractivity contribution in [1.29, 1.82) is 0 Å². The molecule has 5 atom stereocenters. The second kappa shape index (κ2) is 12.7. The second-order valence-corrected chi connectivity index (χ2v) is 18.4. The predicted molar refractivity (Wildman–Crippen MR) is 241 cm³/mol. The number of fused-ring (bicyclic) bond motifs is 13. The van der Waals surface area contributed by atoms with Crippen LogP contribution in [0.1, 0.15) is 57.1 Å². The zero-order chi connectivity index (χ0) is 37.8. The van der Waals surface area contributed by atoms with E-state index in [1.54, 1.807) is 0 Å². The maximum atomic E-state index is 5.63. The van der Waals surface area contributed by atoms with Crippen LogP contribution < -0.4 is 0 Å². The van der Waals surface area contributed by atoms with E-state index in [2.05, 4.69) is 159 Å². The van der Waals surface area contributed by atoms with Gasteiger partial charge in [-0.2, -0.15) is 0 Å². The molecule has 0 saturated heterocycles. The molecule has 0 radical (unpaired) electrons. The van der Waals surface area contributed by atoms with Crippen LogP contribution in [0.4, 0.5) is 0 Å². The number of para-hydroxylation sites is 1. The standard InChI is InChI=1S/C54H44N2S/c1-3-33-27-34-26-32(2)54(39(28-33)29-34)46-19-11-16-40(37-24-25-42-41-14-7-9-21-48(41)57-49(42)31-37)50(46)44-17-10-18-45(51(44)54)53-55-47-20-8-6-15-43(47)52(56-53)38-23-22-35-12-4-5-13-36(35)30-38/h4-25,30-34,39H,3,26-29H2,1-2H3. The van der Waals surface area contributed by atoms with Crippen LogP contribution >= 0.6 is 11.3 Å². The minimum Gasteiger partial charge on any atom is -0.228 e. The molecule has 2 heterocycles. The first-order valence-corrected chi connectivity index (χ1v) is 21.9. The molecule has 9 aromatic rings. The molecule has 2 fully saturated rings. The SMILES string of the molecule is CCC1CC2CC(C)C3(c4cccc(-c5ccc6c(c5)sc5ccccc56)c4-c4cccc(-c5nc(-c6ccc7ccccc7c6)c6ccccc6n5)c43)C(C1)C2. The summed E-state index contributed by atoms with van der Waals surface area (Å²) in [5.41, 5.74) is 12.7. The number of aromatic nitrogens is 2. The quantitative estimate of drug-likeness (QED) is 0.179. The van der Waals surface area contributed by atoms with Crippen molar-refractivity contribution in [3.05, 3.63) is 157 Å². The summed E-state index contributed by atoms with van der Waals surface area (Å²) in [5.74, 6) is 3.45. The summed E-state index contributed by atoms with van der Waals surface area (Å²) in [7, 11) is 0. The Morgan fingerprint density at radius 1 is 0.596 bits per heavy atom. The summed E-state index contributed by atoms with van der Waals surface area (Å²) >= 11 is 1.91. The molecule has 57 heavy (non-hydrogen) atoms. The van der Waals surface area contributed by atoms with Gasteiger partial charge in [0.1, 0.15) is 0 Å². The minimum atomic E-state index is -0.124. The molecule has 2 saturated carbocycles. The Morgan fingerprint density at radius 3 is 2.26 bits per heavy atom. The molecule has 12 rings (SSSR count). The van der Waals surface area contributed by atoms with Gasteiger partial charge in [0.05, 0.1) is 11.2 Å². The van der Waals surface area contributed by atoms with E-state index >= 15 is 0 Å². The van der Waals surface area contributed by atoms with E-state index in [1.165, 1.54) is 102 Å². The van der Waals surface area contributed by atoms with Crippen molar-refractivity contribution in [3.63, 3.8) is 0 Å². The third kappa shape index (κ3) is 4.88. The summed E-state index contributed by atoms with van der Waals surface area (Å²) in [6, 6.07) is 54.4. The molecular formula is C54H44N2S. The van der Waals surface area contributed by atoms with Gasteiger partial charge in [-0.15, -0.1) is 11.3 Å². The van der Waals surface area contributed by atoms with Crippen LogP contribution in [-0.2, 0) is 5.41 Å². The summed E-state index contributed by atoms with van der Waals surface area (Å²) in [6.45, 7) is 5.00. The van der Waals surface area contributed by atoms with E-state index < -0.39 is 0 Å². The van der Waals surface area contributed by atoms with Gasteiger partial charge in [0.2, 0.25) is 0 Å². The molecule has 1 spiro atoms. The largest absolute Gasteiger partial charge is 0.228 e. The first-order valence-electron chi connectivity index (χ1n) is 21.0. The maximum absolute atomic E-state index is 5.63. The van der Waals surface area contributed by atoms with Gasteiger partial charge in [-0.3, -0.25) is 0 Å². The summed E-state index contributed by atoms with van der Waals surface area (Å²) in [5, 5.41) is 6.26. The van der Waals surface area contributed by atoms with E-state index in [0.29, 0.717) is 11.8 Å². The first-order chi connectivity index (χ1) is 28.1. The van der Waals surface area contributed by atoms with Crippen LogP contribution in [0.5, 0.6) is 0 Å². The number of benzene rings is 7. The van der Waals surface area contributed by atoms with Crippen LogP contribution in [0.15, 0.2) is 146 Å². The van der Waals surface area contributed by atoms with E-state index in [1.807, 2.05) is 11.3 Å². The normalized spacial score (nSPS) is 22.4. The third-order valence-electron chi connectivity index (χ3n) is 14.4. The maximum Gasteiger partial charge on any atom is 0.160 e. The van der Waals surface area contributed by atoms with Crippen molar-refractivity contribution >= 4 is 53.2 Å². The highest BCUT2D eigenvalue weighted by atomic mass is 32.1. The molecule has 2 nitrogen and oxygen atoms in total. The van der Waals surface area contributed by atoms with E-state index in [-0.39, 0.29) is 5.41 Å². The Balaban J connectivity index is 1.13. The van der Waals surface area contributed by atoms with Crippen LogP contribution in [0.3, 0.4) is 0 Å². The Bertz CT molecular complexity index is 3080. The molecule has 0 amide bonds. The van der Waals surface area contributed by atoms with Crippen molar-refractivity contribution in [2.24, 2.45) is 23.7 Å². The van der Waals surface area contributed by atoms with Gasteiger partial charge in [0, 0.05) is 42.1 Å². The third-order valence-corrected chi connectivity index (χ3v) is 15.5. The van der Waals surface area contributed by atoms with Crippen molar-refractivity contribution < 1.29 is 0 Å². The molecule has 2 bridgehead atoms. The van der Waals surface area contributed by atoms with E-state index in [9.17, 15) is 0 Å². The van der Waals surface area contributed by atoms with Crippen LogP contribution in [-0.4, -0.2) is 9.97 Å². The highest BCUT2D eigenvalue weighted by molar-refractivity contribution is 7.25. The smallest absolute Gasteiger partial charge is 0.160 e. The van der Waals surface area contributed by atoms with Crippen molar-refractivity contribution in [2.75, 3.05) is 0 Å². The van der Waals surface area contributed by atoms with Gasteiger partial charge in [0.15, 0.2) is 5.82 Å². The fourth-order valence-corrected chi connectivity index (χ4v) is 13.2. The van der Waals surface area contributed by atoms with Gasteiger partial charge in [-0.1, -0.05) is 142 Å². The lowest BCUT2D eigenvalue weighted by Crippen LogP contribution is -2.49. The zero-order valence-electron chi connectivity index (χ0n) is 32.5. The molecule has 0 N–H and O–H groups in total. The Kier molecular flexibility index (Phi) is 7.45. The van der Waals surface area contributed by atoms with Gasteiger partial charge in [-0.25, -0.2) is 9.97 Å². The predicted octanol–water partition coefficient (Wildman–Crippen LogP) is 14.9. The number of nitrogens with zero attached hydrogens (tertiary/aromatic N) is 2. The number of thiophene rings is 1. The van der Waals surface area contributed by atoms with Crippen molar-refractivity contribution in [3.8, 4) is 44.9 Å². The van der Waals surface area contributed by atoms with Crippen LogP contribution in [0, 0.1) is 23.7 Å². The van der Waals surface area contributed by atoms with Gasteiger partial charge >= 0.3 is 0 Å². The lowest BCUT2D eigenvalue weighted by atomic mass is 9.49. The highest BCUT2D eigenvalue weighted by Crippen LogP contribution is 2.67. The second-order valence-electron chi connectivity index (χ2n) is 17.3. The van der Waals surface area contributed by atoms with Crippen LogP contribution in [0.2, 0.25) is 0 Å². The first kappa shape index (κ1) is 33.5. The summed E-state index contributed by atoms with van der Waals surface area (Å²) in [6.07, 6.45) is 6.49. The van der Waals surface area contributed by atoms with Crippen molar-refractivity contribution in [1.82, 2.24) is 9.97 Å². The van der Waals surface area contributed by atoms with Gasteiger partial charge in [0.25, 0.3) is 0 Å². The van der Waals surface area contributed by atoms with E-state index in [0.717, 1.165) is 39.8 Å². The molecule has 3 heteroatoms. The topological polar surface area (TPSA) is 25.8 Å². The Labute approximate surface area is 338 Å². The number of rotatable bonds is 4. The van der Waals surface area contributed by atoms with Gasteiger partial charge in [-0.05, 0) is 118 Å². The molecular weight excluding hydrogens is 709 g/mol. The average molecular weight is 753 g/mol. The average Bonchev–Trinajstić information content (AvgIpc) is 3.79. The molecule has 7 aromatic carbocycles. The van der Waals surface area contributed by atoms with E-state index in [4.69, 9.17) is 9.97 Å². The molecule has 3 aliphatic carbocycles. The number of hydrogen-bond donors (Lipinski definition) is 0. The molecule has 276 valence electrons. The summed E-state index contributed by atoms with van der Waals surface area (Å²) < 4.78 is 2.70. The van der Waals surface area contributed by atoms with Crippen molar-refractivity contribution in [2.45, 2.75) is 51.4 Å². The fraction of sp³-hybridized carbons (Fsp3) is 0.222. The molecule has 2 aromatic heterocycles. The Hall–Kier alpha value is -5.64. The fourth-order valence-electron chi connectivity index (χ4n) is 12.1. The summed E-state index contributed by atoms with van der Waals surface area (Å²) in [4.78, 5) is 11.1. The molecule has 3 aliphatic rings. The lowest BCUT2D eigenvalue weighted by Gasteiger charge is -2.55.